The van der Waals surface area contributed by atoms with Crippen LogP contribution in [0.2, 0.25) is 0 Å². The van der Waals surface area contributed by atoms with Gasteiger partial charge in [-0.25, -0.2) is 0 Å². The third-order valence-corrected chi connectivity index (χ3v) is 4.79. The number of nitrogens with zero attached hydrogens (tertiary/aromatic N) is 1. The van der Waals surface area contributed by atoms with Crippen molar-refractivity contribution in [2.24, 2.45) is 5.73 Å². The number of amides is 1. The number of primary amides is 1. The first-order chi connectivity index (χ1) is 11.1. The minimum atomic E-state index is -0.334. The predicted molar refractivity (Wildman–Crippen MR) is 94.6 cm³/mol. The van der Waals surface area contributed by atoms with Crippen LogP contribution in [0.25, 0.3) is 11.3 Å². The normalized spacial score (nSPS) is 14.2. The second-order valence-corrected chi connectivity index (χ2v) is 6.65. The van der Waals surface area contributed by atoms with Gasteiger partial charge in [-0.05, 0) is 49.8 Å². The summed E-state index contributed by atoms with van der Waals surface area (Å²) in [5, 5.41) is 0. The standard InChI is InChI=1S/C20H26N2O/c1-3-4-5-6-15-7-9-16(10-8-15)19-13-18(20(21)23)14(2)22(19)17-11-12-17/h7-10,13,17H,3-6,11-12H2,1-2H3,(H2,21,23). The summed E-state index contributed by atoms with van der Waals surface area (Å²) >= 11 is 0. The molecule has 1 aromatic carbocycles. The summed E-state index contributed by atoms with van der Waals surface area (Å²) in [6.07, 6.45) is 7.31. The van der Waals surface area contributed by atoms with E-state index < -0.39 is 0 Å². The maximum absolute atomic E-state index is 11.7. The number of carbonyl (C=O) groups is 1. The number of hydrogen-bond donors (Lipinski definition) is 1. The fourth-order valence-electron chi connectivity index (χ4n) is 3.32. The first-order valence-electron chi connectivity index (χ1n) is 8.72. The predicted octanol–water partition coefficient (Wildman–Crippen LogP) is 4.63. The van der Waals surface area contributed by atoms with Gasteiger partial charge in [0.15, 0.2) is 0 Å². The molecule has 122 valence electrons. The van der Waals surface area contributed by atoms with E-state index >= 15 is 0 Å². The van der Waals surface area contributed by atoms with E-state index in [1.807, 2.05) is 13.0 Å². The first-order valence-corrected chi connectivity index (χ1v) is 8.72. The van der Waals surface area contributed by atoms with Crippen LogP contribution >= 0.6 is 0 Å². The molecule has 3 heteroatoms. The molecule has 0 spiro atoms. The summed E-state index contributed by atoms with van der Waals surface area (Å²) in [5.41, 5.74) is 10.9. The van der Waals surface area contributed by atoms with Crippen LogP contribution in [0.4, 0.5) is 0 Å². The molecule has 0 aliphatic heterocycles. The van der Waals surface area contributed by atoms with E-state index in [0.717, 1.165) is 17.8 Å². The van der Waals surface area contributed by atoms with E-state index in [4.69, 9.17) is 5.73 Å². The lowest BCUT2D eigenvalue weighted by atomic mass is 10.0. The van der Waals surface area contributed by atoms with Crippen LogP contribution in [0.3, 0.4) is 0 Å². The lowest BCUT2D eigenvalue weighted by molar-refractivity contribution is 0.0999. The Bertz CT molecular complexity index is 693. The van der Waals surface area contributed by atoms with Crippen molar-refractivity contribution in [3.05, 3.63) is 47.2 Å². The van der Waals surface area contributed by atoms with E-state index in [2.05, 4.69) is 35.8 Å². The van der Waals surface area contributed by atoms with Gasteiger partial charge in [0, 0.05) is 17.4 Å². The molecule has 1 aliphatic rings. The second kappa shape index (κ2) is 6.61. The maximum atomic E-state index is 11.7. The van der Waals surface area contributed by atoms with Gasteiger partial charge < -0.3 is 10.3 Å². The maximum Gasteiger partial charge on any atom is 0.250 e. The molecule has 1 aliphatic carbocycles. The van der Waals surface area contributed by atoms with Gasteiger partial charge in [0.1, 0.15) is 0 Å². The van der Waals surface area contributed by atoms with Gasteiger partial charge in [0.25, 0.3) is 5.91 Å². The molecule has 1 heterocycles. The monoisotopic (exact) mass is 310 g/mol. The number of carbonyl (C=O) groups excluding carboxylic acids is 1. The largest absolute Gasteiger partial charge is 0.366 e. The van der Waals surface area contributed by atoms with E-state index in [1.54, 1.807) is 0 Å². The van der Waals surface area contributed by atoms with Gasteiger partial charge in [0.05, 0.1) is 5.56 Å². The molecule has 0 bridgehead atoms. The van der Waals surface area contributed by atoms with Crippen LogP contribution in [-0.2, 0) is 6.42 Å². The van der Waals surface area contributed by atoms with Gasteiger partial charge in [-0.15, -0.1) is 0 Å². The van der Waals surface area contributed by atoms with E-state index in [-0.39, 0.29) is 5.91 Å². The van der Waals surface area contributed by atoms with Crippen molar-refractivity contribution in [2.45, 2.75) is 58.4 Å². The summed E-state index contributed by atoms with van der Waals surface area (Å²) in [6, 6.07) is 11.3. The average Bonchev–Trinajstić information content (AvgIpc) is 3.31. The number of aromatic nitrogens is 1. The van der Waals surface area contributed by atoms with Crippen LogP contribution in [0.5, 0.6) is 0 Å². The summed E-state index contributed by atoms with van der Waals surface area (Å²) in [6.45, 7) is 4.23. The average molecular weight is 310 g/mol. The zero-order valence-corrected chi connectivity index (χ0v) is 14.1. The third kappa shape index (κ3) is 3.34. The molecule has 2 aromatic rings. The molecule has 0 atom stereocenters. The van der Waals surface area contributed by atoms with E-state index in [1.165, 1.54) is 43.2 Å². The van der Waals surface area contributed by atoms with Crippen molar-refractivity contribution in [1.82, 2.24) is 4.57 Å². The Labute approximate surface area is 138 Å². The van der Waals surface area contributed by atoms with Crippen molar-refractivity contribution in [2.75, 3.05) is 0 Å². The molecule has 0 unspecified atom stereocenters. The molecule has 0 radical (unpaired) electrons. The first kappa shape index (κ1) is 15.9. The number of aryl methyl sites for hydroxylation is 1. The summed E-state index contributed by atoms with van der Waals surface area (Å²) in [7, 11) is 0. The smallest absolute Gasteiger partial charge is 0.250 e. The highest BCUT2D eigenvalue weighted by Gasteiger charge is 2.29. The zero-order chi connectivity index (χ0) is 16.4. The van der Waals surface area contributed by atoms with E-state index in [0.29, 0.717) is 11.6 Å². The minimum Gasteiger partial charge on any atom is -0.366 e. The molecule has 3 rings (SSSR count). The van der Waals surface area contributed by atoms with Gasteiger partial charge in [-0.3, -0.25) is 4.79 Å². The highest BCUT2D eigenvalue weighted by atomic mass is 16.1. The number of rotatable bonds is 7. The number of unbranched alkanes of at least 4 members (excludes halogenated alkanes) is 2. The lowest BCUT2D eigenvalue weighted by Gasteiger charge is -2.11. The Morgan fingerprint density at radius 2 is 1.91 bits per heavy atom. The Balaban J connectivity index is 1.89. The second-order valence-electron chi connectivity index (χ2n) is 6.65. The number of hydrogen-bond acceptors (Lipinski definition) is 1. The Morgan fingerprint density at radius 1 is 1.22 bits per heavy atom. The van der Waals surface area contributed by atoms with Crippen molar-refractivity contribution >= 4 is 5.91 Å². The topological polar surface area (TPSA) is 48.0 Å². The van der Waals surface area contributed by atoms with Gasteiger partial charge >= 0.3 is 0 Å². The van der Waals surface area contributed by atoms with Gasteiger partial charge in [-0.2, -0.15) is 0 Å². The highest BCUT2D eigenvalue weighted by Crippen LogP contribution is 2.41. The van der Waals surface area contributed by atoms with Crippen LogP contribution in [-0.4, -0.2) is 10.5 Å². The molecule has 1 saturated carbocycles. The van der Waals surface area contributed by atoms with Crippen LogP contribution in [0.1, 0.15) is 66.7 Å². The van der Waals surface area contributed by atoms with E-state index in [9.17, 15) is 4.79 Å². The fourth-order valence-corrected chi connectivity index (χ4v) is 3.32. The molecule has 3 nitrogen and oxygen atoms in total. The van der Waals surface area contributed by atoms with Crippen molar-refractivity contribution < 1.29 is 4.79 Å². The molecule has 1 aromatic heterocycles. The third-order valence-electron chi connectivity index (χ3n) is 4.79. The van der Waals surface area contributed by atoms with Gasteiger partial charge in [-0.1, -0.05) is 44.0 Å². The molecule has 2 N–H and O–H groups in total. The Kier molecular flexibility index (Phi) is 4.56. The zero-order valence-electron chi connectivity index (χ0n) is 14.1. The summed E-state index contributed by atoms with van der Waals surface area (Å²) in [4.78, 5) is 11.7. The molecule has 0 saturated heterocycles. The van der Waals surface area contributed by atoms with Crippen LogP contribution in [0.15, 0.2) is 30.3 Å². The lowest BCUT2D eigenvalue weighted by Crippen LogP contribution is -2.12. The number of nitrogens with two attached hydrogens (primary N) is 1. The molecular weight excluding hydrogens is 284 g/mol. The quantitative estimate of drug-likeness (QED) is 0.745. The Morgan fingerprint density at radius 3 is 2.48 bits per heavy atom. The molecule has 1 amide bonds. The Hall–Kier alpha value is -2.03. The fraction of sp³-hybridized carbons (Fsp3) is 0.450. The molecule has 23 heavy (non-hydrogen) atoms. The summed E-state index contributed by atoms with van der Waals surface area (Å²) < 4.78 is 2.30. The van der Waals surface area contributed by atoms with Crippen molar-refractivity contribution in [3.8, 4) is 11.3 Å². The van der Waals surface area contributed by atoms with Crippen LogP contribution in [0, 0.1) is 6.92 Å². The van der Waals surface area contributed by atoms with Crippen molar-refractivity contribution in [1.29, 1.82) is 0 Å². The highest BCUT2D eigenvalue weighted by molar-refractivity contribution is 5.95. The minimum absolute atomic E-state index is 0.334. The van der Waals surface area contributed by atoms with Gasteiger partial charge in [0.2, 0.25) is 0 Å². The molecular formula is C20H26N2O. The number of benzene rings is 1. The van der Waals surface area contributed by atoms with Crippen LogP contribution < -0.4 is 5.73 Å². The SMILES string of the molecule is CCCCCc1ccc(-c2cc(C(N)=O)c(C)n2C2CC2)cc1. The molecule has 1 fully saturated rings. The summed E-state index contributed by atoms with van der Waals surface area (Å²) in [5.74, 6) is -0.334. The van der Waals surface area contributed by atoms with Crippen molar-refractivity contribution in [3.63, 3.8) is 0 Å².